The normalized spacial score (nSPS) is 12.8. The van der Waals surface area contributed by atoms with Gasteiger partial charge in [0.25, 0.3) is 0 Å². The molecule has 1 N–H and O–H groups in total. The van der Waals surface area contributed by atoms with Gasteiger partial charge in [-0.2, -0.15) is 0 Å². The van der Waals surface area contributed by atoms with Crippen molar-refractivity contribution >= 4 is 27.7 Å². The van der Waals surface area contributed by atoms with Gasteiger partial charge in [0.05, 0.1) is 6.42 Å². The lowest BCUT2D eigenvalue weighted by molar-refractivity contribution is -0.274. The molecule has 0 fully saturated rings. The maximum atomic E-state index is 12.3. The van der Waals surface area contributed by atoms with Crippen molar-refractivity contribution in [2.45, 2.75) is 24.5 Å². The summed E-state index contributed by atoms with van der Waals surface area (Å²) in [6.07, 6.45) is -5.44. The van der Waals surface area contributed by atoms with Gasteiger partial charge in [-0.3, -0.25) is 9.59 Å². The number of carbonyl (C=O) groups excluding carboxylic acids is 1. The maximum Gasteiger partial charge on any atom is 0.573 e. The molecule has 0 aliphatic heterocycles. The van der Waals surface area contributed by atoms with Gasteiger partial charge < -0.3 is 9.84 Å². The minimum absolute atomic E-state index is 0.0799. The summed E-state index contributed by atoms with van der Waals surface area (Å²) in [5.74, 6) is -2.28. The topological polar surface area (TPSA) is 63.6 Å². The van der Waals surface area contributed by atoms with Crippen LogP contribution in [-0.4, -0.2) is 23.2 Å². The molecule has 1 atom stereocenters. The summed E-state index contributed by atoms with van der Waals surface area (Å²) in [5, 5.41) is 8.77. The third-order valence-corrected chi connectivity index (χ3v) is 3.44. The summed E-state index contributed by atoms with van der Waals surface area (Å²) in [6.45, 7) is 1.17. The van der Waals surface area contributed by atoms with E-state index in [9.17, 15) is 22.8 Å². The zero-order valence-electron chi connectivity index (χ0n) is 10.2. The van der Waals surface area contributed by atoms with E-state index in [2.05, 4.69) is 20.7 Å². The van der Waals surface area contributed by atoms with Crippen molar-refractivity contribution < 1.29 is 32.6 Å². The summed E-state index contributed by atoms with van der Waals surface area (Å²) < 4.78 is 40.9. The zero-order chi connectivity index (χ0) is 15.5. The smallest absolute Gasteiger partial charge is 0.481 e. The van der Waals surface area contributed by atoms with Crippen molar-refractivity contribution in [2.75, 3.05) is 0 Å². The first kappa shape index (κ1) is 16.5. The molecule has 0 aliphatic carbocycles. The summed E-state index contributed by atoms with van der Waals surface area (Å²) >= 11 is 2.96. The molecule has 0 saturated carbocycles. The monoisotopic (exact) mass is 354 g/mol. The number of Topliss-reactive ketones (excluding diaryl/α,β-unsaturated/α-hetero) is 1. The molecule has 0 bridgehead atoms. The average molecular weight is 355 g/mol. The number of ketones is 1. The lowest BCUT2D eigenvalue weighted by atomic mass is 9.99. The van der Waals surface area contributed by atoms with Crippen molar-refractivity contribution in [2.24, 2.45) is 0 Å². The van der Waals surface area contributed by atoms with E-state index < -0.39 is 35.1 Å². The van der Waals surface area contributed by atoms with E-state index in [1.165, 1.54) is 19.1 Å². The van der Waals surface area contributed by atoms with E-state index in [1.807, 2.05) is 0 Å². The third-order valence-electron chi connectivity index (χ3n) is 2.33. The van der Waals surface area contributed by atoms with Crippen molar-refractivity contribution in [3.63, 3.8) is 0 Å². The molecule has 1 unspecified atom stereocenters. The first-order valence-corrected chi connectivity index (χ1v) is 6.27. The predicted octanol–water partition coefficient (Wildman–Crippen LogP) is 3.24. The Bertz CT molecular complexity index is 528. The minimum Gasteiger partial charge on any atom is -0.481 e. The highest BCUT2D eigenvalue weighted by atomic mass is 79.9. The first-order chi connectivity index (χ1) is 9.11. The molecule has 1 aromatic rings. The van der Waals surface area contributed by atoms with Crippen LogP contribution in [0.3, 0.4) is 0 Å². The van der Waals surface area contributed by atoms with Crippen molar-refractivity contribution in [3.05, 3.63) is 29.3 Å². The minimum atomic E-state index is -4.93. The Morgan fingerprint density at radius 3 is 2.45 bits per heavy atom. The van der Waals surface area contributed by atoms with Gasteiger partial charge in [0.1, 0.15) is 16.4 Å². The fraction of sp³-hybridized carbons (Fsp3) is 0.333. The molecule has 4 nitrogen and oxygen atoms in total. The van der Waals surface area contributed by atoms with E-state index in [1.54, 1.807) is 0 Å². The van der Waals surface area contributed by atoms with Crippen LogP contribution in [0.25, 0.3) is 0 Å². The Balaban J connectivity index is 3.35. The molecule has 0 aliphatic rings. The van der Waals surface area contributed by atoms with E-state index in [0.29, 0.717) is 0 Å². The molecular formula is C12H10BrF3O4. The van der Waals surface area contributed by atoms with Crippen molar-refractivity contribution in [3.8, 4) is 5.75 Å². The van der Waals surface area contributed by atoms with Crippen LogP contribution in [0, 0.1) is 0 Å². The predicted molar refractivity (Wildman–Crippen MR) is 66.8 cm³/mol. The highest BCUT2D eigenvalue weighted by Gasteiger charge is 2.34. The lowest BCUT2D eigenvalue weighted by Gasteiger charge is -2.18. The van der Waals surface area contributed by atoms with Gasteiger partial charge in [0, 0.05) is 5.56 Å². The van der Waals surface area contributed by atoms with Gasteiger partial charge >= 0.3 is 12.3 Å². The summed E-state index contributed by atoms with van der Waals surface area (Å²) in [4.78, 5) is 21.0. The number of alkyl halides is 4. The second-order valence-corrected chi connectivity index (χ2v) is 4.84. The van der Waals surface area contributed by atoms with Gasteiger partial charge in [-0.05, 0) is 18.6 Å². The Morgan fingerprint density at radius 2 is 2.00 bits per heavy atom. The van der Waals surface area contributed by atoms with Gasteiger partial charge in [0.15, 0.2) is 0 Å². The van der Waals surface area contributed by atoms with Gasteiger partial charge in [0.2, 0.25) is 0 Å². The Hall–Kier alpha value is -1.57. The van der Waals surface area contributed by atoms with E-state index in [-0.39, 0.29) is 11.1 Å². The number of hydrogen-bond donors (Lipinski definition) is 1. The Kier molecular flexibility index (Phi) is 5.15. The molecule has 0 heterocycles. The summed E-state index contributed by atoms with van der Waals surface area (Å²) in [5.41, 5.74) is -0.0453. The average Bonchev–Trinajstić information content (AvgIpc) is 2.25. The van der Waals surface area contributed by atoms with E-state index in [4.69, 9.17) is 5.11 Å². The molecule has 0 aromatic heterocycles. The highest BCUT2D eigenvalue weighted by molar-refractivity contribution is 9.09. The van der Waals surface area contributed by atoms with Crippen LogP contribution in [0.15, 0.2) is 18.2 Å². The SMILES string of the molecule is CC(=O)C(Br)c1c(CC(=O)O)cccc1OC(F)(F)F. The van der Waals surface area contributed by atoms with Crippen LogP contribution < -0.4 is 4.74 Å². The van der Waals surface area contributed by atoms with E-state index in [0.717, 1.165) is 6.07 Å². The van der Waals surface area contributed by atoms with Crippen LogP contribution in [0.2, 0.25) is 0 Å². The fourth-order valence-electron chi connectivity index (χ4n) is 1.61. The quantitative estimate of drug-likeness (QED) is 0.824. The van der Waals surface area contributed by atoms with Crippen molar-refractivity contribution in [1.29, 1.82) is 0 Å². The number of hydrogen-bond acceptors (Lipinski definition) is 3. The maximum absolute atomic E-state index is 12.3. The summed E-state index contributed by atoms with van der Waals surface area (Å²) in [7, 11) is 0. The first-order valence-electron chi connectivity index (χ1n) is 5.35. The fourth-order valence-corrected chi connectivity index (χ4v) is 2.13. The van der Waals surface area contributed by atoms with Gasteiger partial charge in [-0.25, -0.2) is 0 Å². The molecule has 1 aromatic carbocycles. The molecule has 0 spiro atoms. The van der Waals surface area contributed by atoms with Crippen molar-refractivity contribution in [1.82, 2.24) is 0 Å². The molecule has 0 amide bonds. The van der Waals surface area contributed by atoms with Crippen LogP contribution in [0.5, 0.6) is 5.75 Å². The number of carboxylic acid groups (broad SMARTS) is 1. The van der Waals surface area contributed by atoms with Crippen LogP contribution in [-0.2, 0) is 16.0 Å². The molecule has 1 rings (SSSR count). The number of carboxylic acids is 1. The standard InChI is InChI=1S/C12H10BrF3O4/c1-6(17)11(13)10-7(5-9(18)19)3-2-4-8(10)20-12(14,15)16/h2-4,11H,5H2,1H3,(H,18,19). The number of carbonyl (C=O) groups is 2. The Morgan fingerprint density at radius 1 is 1.40 bits per heavy atom. The highest BCUT2D eigenvalue weighted by Crippen LogP contribution is 2.37. The second-order valence-electron chi connectivity index (χ2n) is 3.92. The largest absolute Gasteiger partial charge is 0.573 e. The number of aliphatic carboxylic acids is 1. The molecule has 20 heavy (non-hydrogen) atoms. The number of ether oxygens (including phenoxy) is 1. The molecule has 110 valence electrons. The summed E-state index contributed by atoms with van der Waals surface area (Å²) in [6, 6.07) is 3.61. The van der Waals surface area contributed by atoms with E-state index >= 15 is 0 Å². The number of rotatable bonds is 5. The zero-order valence-corrected chi connectivity index (χ0v) is 11.8. The second kappa shape index (κ2) is 6.25. The molecule has 0 saturated heterocycles. The molecule has 8 heteroatoms. The number of halogens is 4. The third kappa shape index (κ3) is 4.52. The van der Waals surface area contributed by atoms with Gasteiger partial charge in [-0.1, -0.05) is 28.1 Å². The molecule has 0 radical (unpaired) electrons. The van der Waals surface area contributed by atoms with Crippen LogP contribution >= 0.6 is 15.9 Å². The number of benzene rings is 1. The molecular weight excluding hydrogens is 345 g/mol. The van der Waals surface area contributed by atoms with Crippen LogP contribution in [0.4, 0.5) is 13.2 Å². The lowest BCUT2D eigenvalue weighted by Crippen LogP contribution is -2.20. The Labute approximate surface area is 120 Å². The van der Waals surface area contributed by atoms with Crippen LogP contribution in [0.1, 0.15) is 22.9 Å². The van der Waals surface area contributed by atoms with Gasteiger partial charge in [-0.15, -0.1) is 13.2 Å².